The number of amides is 1. The van der Waals surface area contributed by atoms with E-state index in [4.69, 9.17) is 4.74 Å². The monoisotopic (exact) mass is 390 g/mol. The van der Waals surface area contributed by atoms with Gasteiger partial charge in [0, 0.05) is 18.2 Å². The van der Waals surface area contributed by atoms with Crippen molar-refractivity contribution in [3.63, 3.8) is 0 Å². The van der Waals surface area contributed by atoms with Gasteiger partial charge in [-0.1, -0.05) is 0 Å². The van der Waals surface area contributed by atoms with Gasteiger partial charge in [-0.05, 0) is 38.3 Å². The summed E-state index contributed by atoms with van der Waals surface area (Å²) in [5.74, 6) is -2.71. The summed E-state index contributed by atoms with van der Waals surface area (Å²) < 4.78 is 58.0. The van der Waals surface area contributed by atoms with Crippen LogP contribution in [0.15, 0.2) is 6.07 Å². The van der Waals surface area contributed by atoms with Crippen molar-refractivity contribution in [3.05, 3.63) is 17.4 Å². The van der Waals surface area contributed by atoms with Crippen molar-refractivity contribution in [2.75, 3.05) is 19.0 Å². The molecule has 2 unspecified atom stereocenters. The fraction of sp³-hybridized carbons (Fsp3) is 0.647. The first-order valence-electron chi connectivity index (χ1n) is 8.87. The molecule has 2 heterocycles. The molecule has 0 spiro atoms. The fourth-order valence-electron chi connectivity index (χ4n) is 3.37. The van der Waals surface area contributed by atoms with E-state index in [0.717, 1.165) is 25.5 Å². The normalized spacial score (nSPS) is 25.0. The van der Waals surface area contributed by atoms with Crippen molar-refractivity contribution >= 4 is 11.7 Å². The molecule has 10 heteroatoms. The summed E-state index contributed by atoms with van der Waals surface area (Å²) in [5, 5.41) is 8.28. The summed E-state index contributed by atoms with van der Waals surface area (Å²) in [6.07, 6.45) is -2.37. The van der Waals surface area contributed by atoms with Crippen LogP contribution in [0.2, 0.25) is 0 Å². The Morgan fingerprint density at radius 2 is 2.15 bits per heavy atom. The van der Waals surface area contributed by atoms with Crippen LogP contribution < -0.4 is 20.7 Å². The van der Waals surface area contributed by atoms with E-state index < -0.39 is 24.0 Å². The average molecular weight is 390 g/mol. The number of hydrogen-bond acceptors (Lipinski definition) is 5. The number of rotatable bonds is 6. The molecule has 1 saturated heterocycles. The molecule has 0 bridgehead atoms. The number of halogens is 4. The predicted octanol–water partition coefficient (Wildman–Crippen LogP) is 2.35. The van der Waals surface area contributed by atoms with E-state index >= 15 is 0 Å². The Balaban J connectivity index is 1.66. The summed E-state index contributed by atoms with van der Waals surface area (Å²) in [7, 11) is 1.33. The number of hydrogen-bond donors (Lipinski definition) is 3. The zero-order valence-electron chi connectivity index (χ0n) is 14.8. The highest BCUT2D eigenvalue weighted by Crippen LogP contribution is 2.42. The molecule has 0 radical (unpaired) electrons. The third-order valence-corrected chi connectivity index (χ3v) is 5.06. The topological polar surface area (TPSA) is 75.3 Å². The second-order valence-electron chi connectivity index (χ2n) is 6.83. The van der Waals surface area contributed by atoms with Crippen LogP contribution in [0.1, 0.15) is 31.2 Å². The first-order valence-corrected chi connectivity index (χ1v) is 8.87. The summed E-state index contributed by atoms with van der Waals surface area (Å²) in [6, 6.07) is -0.0546. The van der Waals surface area contributed by atoms with E-state index in [0.29, 0.717) is 12.0 Å². The van der Waals surface area contributed by atoms with Crippen LogP contribution in [0.5, 0.6) is 5.88 Å². The smallest absolute Gasteiger partial charge is 0.393 e. The summed E-state index contributed by atoms with van der Waals surface area (Å²) in [6.45, 7) is 0.789. The molecular weight excluding hydrogens is 368 g/mol. The van der Waals surface area contributed by atoms with Gasteiger partial charge in [-0.2, -0.15) is 18.2 Å². The van der Waals surface area contributed by atoms with Gasteiger partial charge in [0.15, 0.2) is 11.6 Å². The number of methoxy groups -OCH3 is 1. The van der Waals surface area contributed by atoms with E-state index in [-0.39, 0.29) is 36.6 Å². The van der Waals surface area contributed by atoms with Gasteiger partial charge in [0.2, 0.25) is 11.8 Å². The summed E-state index contributed by atoms with van der Waals surface area (Å²) in [5.41, 5.74) is 0.313. The third kappa shape index (κ3) is 4.42. The van der Waals surface area contributed by atoms with Gasteiger partial charge >= 0.3 is 6.18 Å². The van der Waals surface area contributed by atoms with Crippen molar-refractivity contribution < 1.29 is 27.1 Å². The van der Waals surface area contributed by atoms with Crippen LogP contribution in [0.3, 0.4) is 0 Å². The highest BCUT2D eigenvalue weighted by Gasteiger charge is 2.50. The maximum Gasteiger partial charge on any atom is 0.393 e. The summed E-state index contributed by atoms with van der Waals surface area (Å²) >= 11 is 0. The molecule has 3 N–H and O–H groups in total. The van der Waals surface area contributed by atoms with Gasteiger partial charge in [0.05, 0.1) is 19.1 Å². The van der Waals surface area contributed by atoms with Crippen LogP contribution >= 0.6 is 0 Å². The molecule has 6 nitrogen and oxygen atoms in total. The molecule has 3 atom stereocenters. The maximum atomic E-state index is 14.3. The average Bonchev–Trinajstić information content (AvgIpc) is 3.10. The zero-order valence-corrected chi connectivity index (χ0v) is 14.8. The minimum atomic E-state index is -4.32. The van der Waals surface area contributed by atoms with E-state index in [2.05, 4.69) is 20.9 Å². The highest BCUT2D eigenvalue weighted by atomic mass is 19.4. The molecule has 3 rings (SSSR count). The molecular formula is C17H22F4N4O2. The van der Waals surface area contributed by atoms with Crippen LogP contribution in [-0.4, -0.2) is 42.8 Å². The van der Waals surface area contributed by atoms with Gasteiger partial charge in [-0.15, -0.1) is 0 Å². The van der Waals surface area contributed by atoms with Crippen LogP contribution in [0.25, 0.3) is 0 Å². The Hall–Kier alpha value is -2.10. The first kappa shape index (κ1) is 19.7. The van der Waals surface area contributed by atoms with Gasteiger partial charge in [-0.3, -0.25) is 4.79 Å². The van der Waals surface area contributed by atoms with Crippen molar-refractivity contribution in [1.82, 2.24) is 15.6 Å². The first-order chi connectivity index (χ1) is 12.8. The molecule has 1 amide bonds. The van der Waals surface area contributed by atoms with Gasteiger partial charge in [0.25, 0.3) is 0 Å². The number of carbonyl (C=O) groups is 1. The minimum Gasteiger partial charge on any atom is -0.481 e. The molecule has 1 aliphatic carbocycles. The predicted molar refractivity (Wildman–Crippen MR) is 89.8 cm³/mol. The van der Waals surface area contributed by atoms with Crippen LogP contribution in [0.4, 0.5) is 23.4 Å². The number of aromatic nitrogens is 1. The van der Waals surface area contributed by atoms with Crippen molar-refractivity contribution in [2.24, 2.45) is 5.92 Å². The lowest BCUT2D eigenvalue weighted by Gasteiger charge is -2.38. The lowest BCUT2D eigenvalue weighted by molar-refractivity contribution is -0.197. The lowest BCUT2D eigenvalue weighted by atomic mass is 9.79. The molecule has 1 saturated carbocycles. The van der Waals surface area contributed by atoms with E-state index in [1.165, 1.54) is 7.11 Å². The quantitative estimate of drug-likeness (QED) is 0.651. The SMILES string of the molecule is COc1nc(NC2CCC2C(F)(F)F)c(F)cc1CNC(=O)[C@@H]1CCCN1. The third-order valence-electron chi connectivity index (χ3n) is 5.06. The Morgan fingerprint density at radius 3 is 2.70 bits per heavy atom. The van der Waals surface area contributed by atoms with Crippen LogP contribution in [0, 0.1) is 11.7 Å². The maximum absolute atomic E-state index is 14.3. The molecule has 1 aromatic rings. The van der Waals surface area contributed by atoms with Crippen molar-refractivity contribution in [2.45, 2.75) is 50.5 Å². The zero-order chi connectivity index (χ0) is 19.6. The molecule has 2 aliphatic rings. The number of alkyl halides is 3. The van der Waals surface area contributed by atoms with E-state index in [1.54, 1.807) is 0 Å². The molecule has 2 fully saturated rings. The minimum absolute atomic E-state index is 0.0129. The number of nitrogens with one attached hydrogen (secondary N) is 3. The van der Waals surface area contributed by atoms with Crippen molar-refractivity contribution in [3.8, 4) is 5.88 Å². The molecule has 1 aromatic heterocycles. The number of carbonyl (C=O) groups excluding carboxylic acids is 1. The number of nitrogens with zero attached hydrogens (tertiary/aromatic N) is 1. The van der Waals surface area contributed by atoms with Crippen LogP contribution in [-0.2, 0) is 11.3 Å². The van der Waals surface area contributed by atoms with E-state index in [1.807, 2.05) is 0 Å². The number of ether oxygens (including phenoxy) is 1. The Kier molecular flexibility index (Phi) is 5.73. The highest BCUT2D eigenvalue weighted by molar-refractivity contribution is 5.82. The molecule has 150 valence electrons. The number of anilines is 1. The van der Waals surface area contributed by atoms with Gasteiger partial charge in [0.1, 0.15) is 0 Å². The summed E-state index contributed by atoms with van der Waals surface area (Å²) in [4.78, 5) is 16.0. The van der Waals surface area contributed by atoms with Gasteiger partial charge < -0.3 is 20.7 Å². The fourth-order valence-corrected chi connectivity index (χ4v) is 3.37. The molecule has 0 aromatic carbocycles. The second-order valence-corrected chi connectivity index (χ2v) is 6.83. The Morgan fingerprint density at radius 1 is 1.37 bits per heavy atom. The number of pyridine rings is 1. The largest absolute Gasteiger partial charge is 0.481 e. The second kappa shape index (κ2) is 7.87. The Bertz CT molecular complexity index is 692. The molecule has 1 aliphatic heterocycles. The van der Waals surface area contributed by atoms with E-state index in [9.17, 15) is 22.4 Å². The standard InChI is InChI=1S/C17H22F4N4O2/c1-27-16-9(8-23-15(26)13-3-2-6-22-13)7-11(18)14(25-16)24-12-5-4-10(12)17(19,20)21/h7,10,12-13,22H,2-6,8H2,1H3,(H,23,26)(H,24,25)/t10?,12?,13-/m0/s1. The lowest BCUT2D eigenvalue weighted by Crippen LogP contribution is -2.47. The Labute approximate surface area is 154 Å². The van der Waals surface area contributed by atoms with Crippen molar-refractivity contribution in [1.29, 1.82) is 0 Å². The van der Waals surface area contributed by atoms with Gasteiger partial charge in [-0.25, -0.2) is 4.39 Å². The molecule has 27 heavy (non-hydrogen) atoms.